The summed E-state index contributed by atoms with van der Waals surface area (Å²) < 4.78 is 25.0. The van der Waals surface area contributed by atoms with E-state index < -0.39 is 0 Å². The number of allylic oxidation sites excluding steroid dienone is 4. The van der Waals surface area contributed by atoms with Crippen molar-refractivity contribution >= 4 is 5.71 Å². The van der Waals surface area contributed by atoms with E-state index in [1.54, 1.807) is 28.4 Å². The Hall–Kier alpha value is -2.17. The predicted molar refractivity (Wildman–Crippen MR) is 98.8 cm³/mol. The van der Waals surface area contributed by atoms with Gasteiger partial charge in [-0.15, -0.1) is 0 Å². The second-order valence-electron chi connectivity index (χ2n) is 7.23. The average molecular weight is 358 g/mol. The molecule has 4 rings (SSSR count). The van der Waals surface area contributed by atoms with E-state index >= 15 is 0 Å². The van der Waals surface area contributed by atoms with Crippen LogP contribution < -0.4 is 0 Å². The number of hydrogen-bond donors (Lipinski definition) is 0. The zero-order valence-electron chi connectivity index (χ0n) is 16.2. The second kappa shape index (κ2) is 6.86. The van der Waals surface area contributed by atoms with E-state index in [1.165, 1.54) is 28.0 Å². The number of hydrogen-bond acceptors (Lipinski definition) is 4. The van der Waals surface area contributed by atoms with Crippen molar-refractivity contribution < 1.29 is 23.5 Å². The fourth-order valence-corrected chi connectivity index (χ4v) is 4.75. The summed E-state index contributed by atoms with van der Waals surface area (Å²) in [6, 6.07) is 0. The topological polar surface area (TPSA) is 39.9 Å². The third kappa shape index (κ3) is 2.65. The van der Waals surface area contributed by atoms with Crippen molar-refractivity contribution in [3.8, 4) is 0 Å². The molecule has 0 spiro atoms. The highest BCUT2D eigenvalue weighted by Crippen LogP contribution is 2.41. The van der Waals surface area contributed by atoms with E-state index in [2.05, 4.69) is 4.58 Å². The van der Waals surface area contributed by atoms with Crippen LogP contribution in [0.25, 0.3) is 0 Å². The maximum Gasteiger partial charge on any atom is 0.184 e. The molecule has 4 aliphatic rings. The number of ether oxygens (including phenoxy) is 4. The maximum atomic E-state index is 5.72. The lowest BCUT2D eigenvalue weighted by atomic mass is 9.80. The Kier molecular flexibility index (Phi) is 4.55. The summed E-state index contributed by atoms with van der Waals surface area (Å²) in [6.45, 7) is 1.98. The number of methoxy groups -OCH3 is 4. The highest BCUT2D eigenvalue weighted by atomic mass is 16.5. The van der Waals surface area contributed by atoms with Crippen LogP contribution in [0.15, 0.2) is 45.3 Å². The lowest BCUT2D eigenvalue weighted by Crippen LogP contribution is -2.37. The molecule has 5 nitrogen and oxygen atoms in total. The molecular formula is C21H28NO4+. The van der Waals surface area contributed by atoms with Crippen molar-refractivity contribution in [2.45, 2.75) is 38.5 Å². The van der Waals surface area contributed by atoms with E-state index in [1.807, 2.05) is 0 Å². The van der Waals surface area contributed by atoms with Gasteiger partial charge < -0.3 is 18.9 Å². The van der Waals surface area contributed by atoms with Crippen LogP contribution in [-0.2, 0) is 18.9 Å². The van der Waals surface area contributed by atoms with Crippen LogP contribution in [0.1, 0.15) is 38.5 Å². The largest absolute Gasteiger partial charge is 0.497 e. The SMILES string of the molecule is COC1=C(OC)CC2=C(CC[N+]3=C2CC2=C(C3)C(OC)=C(OC)CC2)C1. The highest BCUT2D eigenvalue weighted by Gasteiger charge is 2.39. The van der Waals surface area contributed by atoms with Crippen molar-refractivity contribution in [1.29, 1.82) is 0 Å². The molecule has 0 unspecified atom stereocenters. The van der Waals surface area contributed by atoms with Gasteiger partial charge in [0.15, 0.2) is 18.0 Å². The number of rotatable bonds is 4. The van der Waals surface area contributed by atoms with Crippen molar-refractivity contribution in [3.05, 3.63) is 45.3 Å². The third-order valence-electron chi connectivity index (χ3n) is 6.14. The standard InChI is InChI=1S/C21H28NO4/c1-23-18-6-5-13-9-17-15-11-20(25-3)19(24-2)10-14(15)7-8-22(17)12-16(13)21(18)26-4/h5-12H2,1-4H3/q+1. The molecule has 0 N–H and O–H groups in total. The van der Waals surface area contributed by atoms with E-state index in [0.717, 1.165) is 74.7 Å². The van der Waals surface area contributed by atoms with Crippen LogP contribution in [0.2, 0.25) is 0 Å². The molecule has 0 saturated heterocycles. The third-order valence-corrected chi connectivity index (χ3v) is 6.14. The molecule has 5 heteroatoms. The fraction of sp³-hybridized carbons (Fsp3) is 0.571. The van der Waals surface area contributed by atoms with Crippen LogP contribution >= 0.6 is 0 Å². The summed E-state index contributed by atoms with van der Waals surface area (Å²) in [5.41, 5.74) is 7.31. The van der Waals surface area contributed by atoms with Crippen molar-refractivity contribution in [2.24, 2.45) is 0 Å². The Morgan fingerprint density at radius 2 is 1.35 bits per heavy atom. The molecule has 26 heavy (non-hydrogen) atoms. The number of nitrogens with zero attached hydrogens (tertiary/aromatic N) is 1. The zero-order valence-corrected chi connectivity index (χ0v) is 16.2. The molecule has 0 saturated carbocycles. The second-order valence-corrected chi connectivity index (χ2v) is 7.23. The first-order valence-corrected chi connectivity index (χ1v) is 9.34. The minimum atomic E-state index is 0.847. The molecule has 2 heterocycles. The Balaban J connectivity index is 1.66. The molecule has 0 aromatic heterocycles. The first-order chi connectivity index (χ1) is 12.7. The molecule has 2 aliphatic carbocycles. The monoisotopic (exact) mass is 358 g/mol. The predicted octanol–water partition coefficient (Wildman–Crippen LogP) is 3.44. The maximum absolute atomic E-state index is 5.72. The van der Waals surface area contributed by atoms with Crippen molar-refractivity contribution in [2.75, 3.05) is 41.5 Å². The van der Waals surface area contributed by atoms with Crippen LogP contribution in [0, 0.1) is 0 Å². The van der Waals surface area contributed by atoms with Crippen molar-refractivity contribution in [3.63, 3.8) is 0 Å². The summed E-state index contributed by atoms with van der Waals surface area (Å²) >= 11 is 0. The van der Waals surface area contributed by atoms with Crippen LogP contribution in [0.4, 0.5) is 0 Å². The molecule has 0 fully saturated rings. The molecule has 0 atom stereocenters. The Labute approximate surface area is 155 Å². The Morgan fingerprint density at radius 3 is 2.04 bits per heavy atom. The summed E-state index contributed by atoms with van der Waals surface area (Å²) in [4.78, 5) is 0. The highest BCUT2D eigenvalue weighted by molar-refractivity contribution is 6.00. The van der Waals surface area contributed by atoms with E-state index in [4.69, 9.17) is 18.9 Å². The molecular weight excluding hydrogens is 330 g/mol. The Bertz CT molecular complexity index is 795. The first-order valence-electron chi connectivity index (χ1n) is 9.34. The smallest absolute Gasteiger partial charge is 0.184 e. The van der Waals surface area contributed by atoms with Gasteiger partial charge in [-0.3, -0.25) is 0 Å². The van der Waals surface area contributed by atoms with Gasteiger partial charge in [-0.1, -0.05) is 0 Å². The fourth-order valence-electron chi connectivity index (χ4n) is 4.75. The molecule has 2 aliphatic heterocycles. The van der Waals surface area contributed by atoms with Crippen molar-refractivity contribution in [1.82, 2.24) is 0 Å². The lowest BCUT2D eigenvalue weighted by Gasteiger charge is -2.32. The molecule has 0 bridgehead atoms. The van der Waals surface area contributed by atoms with Gasteiger partial charge in [0.25, 0.3) is 0 Å². The summed E-state index contributed by atoms with van der Waals surface area (Å²) in [5, 5.41) is 0. The zero-order chi connectivity index (χ0) is 18.3. The molecule has 0 amide bonds. The van der Waals surface area contributed by atoms with E-state index in [0.29, 0.717) is 0 Å². The van der Waals surface area contributed by atoms with Crippen LogP contribution in [-0.4, -0.2) is 51.8 Å². The summed E-state index contributed by atoms with van der Waals surface area (Å²) in [7, 11) is 6.99. The van der Waals surface area contributed by atoms with E-state index in [-0.39, 0.29) is 0 Å². The van der Waals surface area contributed by atoms with Gasteiger partial charge in [-0.2, -0.15) is 0 Å². The van der Waals surface area contributed by atoms with E-state index in [9.17, 15) is 0 Å². The summed E-state index contributed by atoms with van der Waals surface area (Å²) in [6.07, 6.45) is 5.82. The quantitative estimate of drug-likeness (QED) is 0.722. The van der Waals surface area contributed by atoms with Gasteiger partial charge in [0, 0.05) is 31.3 Å². The van der Waals surface area contributed by atoms with Gasteiger partial charge in [0.1, 0.15) is 23.8 Å². The molecule has 0 aromatic carbocycles. The minimum Gasteiger partial charge on any atom is -0.497 e. The molecule has 0 aromatic rings. The average Bonchev–Trinajstić information content (AvgIpc) is 2.70. The summed E-state index contributed by atoms with van der Waals surface area (Å²) in [5.74, 6) is 3.90. The van der Waals surface area contributed by atoms with Gasteiger partial charge in [0.05, 0.1) is 40.4 Å². The van der Waals surface area contributed by atoms with Gasteiger partial charge in [-0.25, -0.2) is 4.58 Å². The Morgan fingerprint density at radius 1 is 0.654 bits per heavy atom. The minimum absolute atomic E-state index is 0.847. The van der Waals surface area contributed by atoms with Crippen LogP contribution in [0.3, 0.4) is 0 Å². The van der Waals surface area contributed by atoms with Gasteiger partial charge >= 0.3 is 0 Å². The number of fused-ring (bicyclic) bond motifs is 1. The van der Waals surface area contributed by atoms with Gasteiger partial charge in [0.2, 0.25) is 0 Å². The lowest BCUT2D eigenvalue weighted by molar-refractivity contribution is -0.523. The molecule has 0 radical (unpaired) electrons. The molecule has 140 valence electrons. The van der Waals surface area contributed by atoms with Crippen LogP contribution in [0.5, 0.6) is 0 Å². The van der Waals surface area contributed by atoms with Gasteiger partial charge in [-0.05, 0) is 17.6 Å². The first kappa shape index (κ1) is 17.3. The normalized spacial score (nSPS) is 22.9.